The second kappa shape index (κ2) is 3.22. The zero-order valence-corrected chi connectivity index (χ0v) is 9.50. The summed E-state index contributed by atoms with van der Waals surface area (Å²) < 4.78 is 6.07. The lowest BCUT2D eigenvalue weighted by atomic mass is 9.64. The maximum Gasteiger partial charge on any atom is 0.173 e. The van der Waals surface area contributed by atoms with E-state index in [0.29, 0.717) is 11.8 Å². The standard InChI is InChI=1S/C15H14O2/c16-14-11-3-1-2-4-12(11)17-15-10-7-5-9(6-8-10)13(14)15/h1-5,7,9-10,13,15H,6,8H2/t9-,10+,13+,15+/m0/s1. The normalized spacial score (nSPS) is 37.3. The Balaban J connectivity index is 1.85. The lowest BCUT2D eigenvalue weighted by Gasteiger charge is -2.46. The third kappa shape index (κ3) is 1.18. The van der Waals surface area contributed by atoms with Gasteiger partial charge in [-0.3, -0.25) is 4.79 Å². The highest BCUT2D eigenvalue weighted by Gasteiger charge is 2.49. The number of allylic oxidation sites excluding steroid dienone is 1. The first-order valence-electron chi connectivity index (χ1n) is 6.33. The lowest BCUT2D eigenvalue weighted by molar-refractivity contribution is 0.0150. The van der Waals surface area contributed by atoms with E-state index in [4.69, 9.17) is 4.74 Å². The molecule has 5 rings (SSSR count). The summed E-state index contributed by atoms with van der Waals surface area (Å²) in [6.07, 6.45) is 6.86. The van der Waals surface area contributed by atoms with Gasteiger partial charge in [0.25, 0.3) is 0 Å². The maximum atomic E-state index is 12.5. The molecule has 17 heavy (non-hydrogen) atoms. The molecule has 2 heteroatoms. The second-order valence-corrected chi connectivity index (χ2v) is 5.26. The minimum Gasteiger partial charge on any atom is -0.488 e. The number of hydrogen-bond donors (Lipinski definition) is 0. The van der Waals surface area contributed by atoms with Crippen LogP contribution in [0.15, 0.2) is 36.4 Å². The Bertz CT molecular complexity index is 517. The van der Waals surface area contributed by atoms with Crippen LogP contribution in [0.3, 0.4) is 0 Å². The van der Waals surface area contributed by atoms with Crippen molar-refractivity contribution >= 4 is 5.78 Å². The Hall–Kier alpha value is -1.57. The minimum absolute atomic E-state index is 0.0636. The number of carbonyl (C=O) groups is 1. The van der Waals surface area contributed by atoms with Crippen LogP contribution in [0, 0.1) is 17.8 Å². The fourth-order valence-electron chi connectivity index (χ4n) is 3.55. The van der Waals surface area contributed by atoms with Crippen LogP contribution in [0.1, 0.15) is 23.2 Å². The molecule has 1 aliphatic heterocycles. The summed E-state index contributed by atoms with van der Waals surface area (Å²) in [6, 6.07) is 7.65. The second-order valence-electron chi connectivity index (χ2n) is 5.26. The van der Waals surface area contributed by atoms with E-state index < -0.39 is 0 Å². The van der Waals surface area contributed by atoms with E-state index in [0.717, 1.165) is 24.2 Å². The highest BCUT2D eigenvalue weighted by atomic mass is 16.5. The Morgan fingerprint density at radius 3 is 2.65 bits per heavy atom. The molecule has 0 spiro atoms. The van der Waals surface area contributed by atoms with Crippen LogP contribution in [0.5, 0.6) is 5.75 Å². The number of ether oxygens (including phenoxy) is 1. The quantitative estimate of drug-likeness (QED) is 0.636. The first kappa shape index (κ1) is 9.46. The van der Waals surface area contributed by atoms with Crippen LogP contribution in [-0.4, -0.2) is 11.9 Å². The zero-order valence-electron chi connectivity index (χ0n) is 9.50. The summed E-state index contributed by atoms with van der Waals surface area (Å²) in [4.78, 5) is 12.5. The highest BCUT2D eigenvalue weighted by Crippen LogP contribution is 2.47. The van der Waals surface area contributed by atoms with Crippen LogP contribution >= 0.6 is 0 Å². The molecule has 3 aliphatic carbocycles. The molecule has 0 unspecified atom stereocenters. The number of benzene rings is 1. The number of fused-ring (bicyclic) bond motifs is 2. The van der Waals surface area contributed by atoms with Gasteiger partial charge in [0, 0.05) is 5.92 Å². The number of Topliss-reactive ketones (excluding diaryl/α,β-unsaturated/α-hetero) is 1. The molecule has 1 fully saturated rings. The number of carbonyl (C=O) groups excluding carboxylic acids is 1. The van der Waals surface area contributed by atoms with E-state index >= 15 is 0 Å². The molecule has 2 nitrogen and oxygen atoms in total. The topological polar surface area (TPSA) is 26.3 Å². The van der Waals surface area contributed by atoms with Gasteiger partial charge in [-0.1, -0.05) is 24.3 Å². The van der Waals surface area contributed by atoms with E-state index in [1.54, 1.807) is 0 Å². The summed E-state index contributed by atoms with van der Waals surface area (Å²) in [5.41, 5.74) is 0.773. The molecule has 0 N–H and O–H groups in total. The average Bonchev–Trinajstić information content (AvgIpc) is 2.40. The molecule has 1 aromatic carbocycles. The molecular formula is C15H14O2. The largest absolute Gasteiger partial charge is 0.488 e. The fraction of sp³-hybridized carbons (Fsp3) is 0.400. The zero-order chi connectivity index (χ0) is 11.4. The lowest BCUT2D eigenvalue weighted by Crippen LogP contribution is -2.50. The van der Waals surface area contributed by atoms with Gasteiger partial charge in [-0.2, -0.15) is 0 Å². The van der Waals surface area contributed by atoms with Crippen molar-refractivity contribution in [1.82, 2.24) is 0 Å². The Morgan fingerprint density at radius 1 is 1.06 bits per heavy atom. The molecule has 4 aliphatic rings. The van der Waals surface area contributed by atoms with Gasteiger partial charge in [0.1, 0.15) is 11.9 Å². The number of para-hydroxylation sites is 1. The van der Waals surface area contributed by atoms with Gasteiger partial charge in [0.2, 0.25) is 0 Å². The molecular weight excluding hydrogens is 212 g/mol. The third-order valence-corrected chi connectivity index (χ3v) is 4.39. The van der Waals surface area contributed by atoms with Crippen LogP contribution in [-0.2, 0) is 0 Å². The van der Waals surface area contributed by atoms with Crippen molar-refractivity contribution in [3.05, 3.63) is 42.0 Å². The summed E-state index contributed by atoms with van der Waals surface area (Å²) in [5, 5.41) is 0. The van der Waals surface area contributed by atoms with Crippen LogP contribution in [0.25, 0.3) is 0 Å². The molecule has 1 saturated carbocycles. The van der Waals surface area contributed by atoms with Crippen molar-refractivity contribution in [2.45, 2.75) is 18.9 Å². The molecule has 4 atom stereocenters. The van der Waals surface area contributed by atoms with Crippen LogP contribution in [0.4, 0.5) is 0 Å². The Kier molecular flexibility index (Phi) is 1.79. The van der Waals surface area contributed by atoms with Crippen molar-refractivity contribution in [1.29, 1.82) is 0 Å². The first-order valence-corrected chi connectivity index (χ1v) is 6.33. The van der Waals surface area contributed by atoms with Gasteiger partial charge in [-0.05, 0) is 30.9 Å². The van der Waals surface area contributed by atoms with Crippen LogP contribution in [0.2, 0.25) is 0 Å². The molecule has 0 saturated heterocycles. The summed E-state index contributed by atoms with van der Waals surface area (Å²) in [7, 11) is 0. The summed E-state index contributed by atoms with van der Waals surface area (Å²) in [6.45, 7) is 0. The van der Waals surface area contributed by atoms with Crippen molar-refractivity contribution < 1.29 is 9.53 Å². The smallest absolute Gasteiger partial charge is 0.173 e. The van der Waals surface area contributed by atoms with E-state index in [1.165, 1.54) is 0 Å². The van der Waals surface area contributed by atoms with Gasteiger partial charge in [-0.15, -0.1) is 0 Å². The number of ketones is 1. The highest BCUT2D eigenvalue weighted by molar-refractivity contribution is 6.02. The number of hydrogen-bond acceptors (Lipinski definition) is 2. The van der Waals surface area contributed by atoms with Gasteiger partial charge in [-0.25, -0.2) is 0 Å². The molecule has 86 valence electrons. The Morgan fingerprint density at radius 2 is 1.82 bits per heavy atom. The molecule has 0 amide bonds. The predicted octanol–water partition coefficient (Wildman–Crippen LogP) is 2.84. The van der Waals surface area contributed by atoms with Gasteiger partial charge >= 0.3 is 0 Å². The molecule has 0 radical (unpaired) electrons. The SMILES string of the molecule is O=C1c2ccccc2O[C@H]2[C@@H]1[C@H]1C=C[C@@H]2CC1. The van der Waals surface area contributed by atoms with Crippen LogP contribution < -0.4 is 4.74 Å². The van der Waals surface area contributed by atoms with E-state index in [1.807, 2.05) is 24.3 Å². The van der Waals surface area contributed by atoms with Gasteiger partial charge < -0.3 is 4.74 Å². The minimum atomic E-state index is 0.0636. The number of rotatable bonds is 0. The van der Waals surface area contributed by atoms with Crippen molar-refractivity contribution in [3.8, 4) is 5.75 Å². The molecule has 1 aromatic rings. The van der Waals surface area contributed by atoms with Crippen molar-refractivity contribution in [3.63, 3.8) is 0 Å². The van der Waals surface area contributed by atoms with E-state index in [2.05, 4.69) is 12.2 Å². The third-order valence-electron chi connectivity index (χ3n) is 4.39. The van der Waals surface area contributed by atoms with Crippen molar-refractivity contribution in [2.75, 3.05) is 0 Å². The fourth-order valence-corrected chi connectivity index (χ4v) is 3.55. The van der Waals surface area contributed by atoms with E-state index in [-0.39, 0.29) is 17.8 Å². The maximum absolute atomic E-state index is 12.5. The van der Waals surface area contributed by atoms with E-state index in [9.17, 15) is 4.79 Å². The molecule has 0 aromatic heterocycles. The van der Waals surface area contributed by atoms with Crippen molar-refractivity contribution in [2.24, 2.45) is 17.8 Å². The molecule has 2 bridgehead atoms. The first-order chi connectivity index (χ1) is 8.34. The summed E-state index contributed by atoms with van der Waals surface area (Å²) >= 11 is 0. The summed E-state index contributed by atoms with van der Waals surface area (Å²) in [5.74, 6) is 1.96. The monoisotopic (exact) mass is 226 g/mol. The van der Waals surface area contributed by atoms with Gasteiger partial charge in [0.05, 0.1) is 11.5 Å². The van der Waals surface area contributed by atoms with Gasteiger partial charge in [0.15, 0.2) is 5.78 Å². The predicted molar refractivity (Wildman–Crippen MR) is 64.0 cm³/mol. The molecule has 1 heterocycles. The Labute approximate surface area is 100 Å². The average molecular weight is 226 g/mol.